The molecule has 8 nitrogen and oxygen atoms in total. The van der Waals surface area contributed by atoms with Crippen LogP contribution in [0.2, 0.25) is 0 Å². The van der Waals surface area contributed by atoms with Gasteiger partial charge < -0.3 is 19.1 Å². The number of likely N-dealkylation sites (tertiary alicyclic amines) is 1. The first kappa shape index (κ1) is 22.1. The Morgan fingerprint density at radius 3 is 2.48 bits per heavy atom. The molecule has 2 aromatic rings. The minimum absolute atomic E-state index is 0.146. The Balaban J connectivity index is 1.42. The lowest BCUT2D eigenvalue weighted by molar-refractivity contribution is 0.0726. The molecule has 2 aromatic carbocycles. The molecule has 0 N–H and O–H groups in total. The van der Waals surface area contributed by atoms with Crippen molar-refractivity contribution in [3.8, 4) is 11.5 Å². The zero-order valence-electron chi connectivity index (χ0n) is 18.0. The minimum atomic E-state index is -4.07. The molecule has 2 fully saturated rings. The molecule has 10 heteroatoms. The number of ether oxygens (including phenoxy) is 3. The number of sulfonamides is 1. The Morgan fingerprint density at radius 1 is 0.939 bits per heavy atom. The van der Waals surface area contributed by atoms with Gasteiger partial charge >= 0.3 is 0 Å². The van der Waals surface area contributed by atoms with Crippen molar-refractivity contribution >= 4 is 15.9 Å². The highest BCUT2D eigenvalue weighted by Crippen LogP contribution is 2.39. The van der Waals surface area contributed by atoms with Crippen molar-refractivity contribution in [1.82, 2.24) is 9.21 Å². The van der Waals surface area contributed by atoms with Crippen LogP contribution >= 0.6 is 0 Å². The van der Waals surface area contributed by atoms with Crippen molar-refractivity contribution in [1.29, 1.82) is 0 Å². The molecular formula is C23H25FN2O6S. The molecule has 1 atom stereocenters. The van der Waals surface area contributed by atoms with Crippen LogP contribution in [-0.4, -0.2) is 69.6 Å². The van der Waals surface area contributed by atoms with Gasteiger partial charge in [0.15, 0.2) is 11.5 Å². The number of fused-ring (bicyclic) bond motifs is 1. The van der Waals surface area contributed by atoms with E-state index >= 15 is 0 Å². The molecule has 0 spiro atoms. The third-order valence-electron chi connectivity index (χ3n) is 6.23. The summed E-state index contributed by atoms with van der Waals surface area (Å²) < 4.78 is 58.2. The highest BCUT2D eigenvalue weighted by atomic mass is 32.2. The first-order chi connectivity index (χ1) is 15.9. The Morgan fingerprint density at radius 2 is 1.70 bits per heavy atom. The highest BCUT2D eigenvalue weighted by molar-refractivity contribution is 7.89. The number of rotatable bonds is 4. The minimum Gasteiger partial charge on any atom is -0.486 e. The van der Waals surface area contributed by atoms with E-state index in [1.165, 1.54) is 10.4 Å². The Kier molecular flexibility index (Phi) is 5.98. The Hall–Kier alpha value is -2.69. The molecule has 33 heavy (non-hydrogen) atoms. The Bertz CT molecular complexity index is 1170. The van der Waals surface area contributed by atoms with Crippen LogP contribution < -0.4 is 9.47 Å². The predicted octanol–water partition coefficient (Wildman–Crippen LogP) is 2.60. The van der Waals surface area contributed by atoms with E-state index in [-0.39, 0.29) is 43.8 Å². The summed E-state index contributed by atoms with van der Waals surface area (Å²) in [4.78, 5) is 14.6. The summed E-state index contributed by atoms with van der Waals surface area (Å²) in [5, 5.41) is 0. The monoisotopic (exact) mass is 476 g/mol. The average Bonchev–Trinajstić information content (AvgIpc) is 3.34. The van der Waals surface area contributed by atoms with Crippen LogP contribution in [0.15, 0.2) is 41.3 Å². The molecule has 176 valence electrons. The van der Waals surface area contributed by atoms with Gasteiger partial charge in [0.2, 0.25) is 10.0 Å². The van der Waals surface area contributed by atoms with Crippen LogP contribution in [0.3, 0.4) is 0 Å². The molecule has 0 bridgehead atoms. The molecule has 5 rings (SSSR count). The van der Waals surface area contributed by atoms with Crippen molar-refractivity contribution in [2.24, 2.45) is 0 Å². The van der Waals surface area contributed by atoms with Gasteiger partial charge in [-0.2, -0.15) is 4.31 Å². The fourth-order valence-electron chi connectivity index (χ4n) is 4.55. The standard InChI is InChI=1S/C23H25FN2O6S/c24-18-5-3-17(15-22(18)33(28,29)25-8-10-30-11-9-25)23(27)26-7-1-2-19(26)16-4-6-20-21(14-16)32-13-12-31-20/h3-6,14-15,19H,1-2,7-13H2/t19-/m0/s1. The topological polar surface area (TPSA) is 85.4 Å². The van der Waals surface area contributed by atoms with E-state index in [0.717, 1.165) is 30.5 Å². The zero-order valence-corrected chi connectivity index (χ0v) is 18.9. The molecular weight excluding hydrogens is 451 g/mol. The second-order valence-corrected chi connectivity index (χ2v) is 10.1. The van der Waals surface area contributed by atoms with Crippen LogP contribution in [-0.2, 0) is 14.8 Å². The van der Waals surface area contributed by atoms with Gasteiger partial charge in [0, 0.05) is 25.2 Å². The normalized spacial score (nSPS) is 21.2. The maximum Gasteiger partial charge on any atom is 0.254 e. The van der Waals surface area contributed by atoms with Crippen LogP contribution in [0.5, 0.6) is 11.5 Å². The predicted molar refractivity (Wildman–Crippen MR) is 116 cm³/mol. The molecule has 3 aliphatic heterocycles. The van der Waals surface area contributed by atoms with Crippen LogP contribution in [0.25, 0.3) is 0 Å². The van der Waals surface area contributed by atoms with Crippen molar-refractivity contribution in [3.05, 3.63) is 53.3 Å². The largest absolute Gasteiger partial charge is 0.486 e. The van der Waals surface area contributed by atoms with Gasteiger partial charge in [0.25, 0.3) is 5.91 Å². The zero-order chi connectivity index (χ0) is 23.0. The maximum atomic E-state index is 14.6. The van der Waals surface area contributed by atoms with Crippen molar-refractivity contribution in [3.63, 3.8) is 0 Å². The molecule has 2 saturated heterocycles. The third kappa shape index (κ3) is 4.18. The molecule has 0 aromatic heterocycles. The smallest absolute Gasteiger partial charge is 0.254 e. The van der Waals surface area contributed by atoms with Crippen molar-refractivity contribution in [2.45, 2.75) is 23.8 Å². The summed E-state index contributed by atoms with van der Waals surface area (Å²) in [5.41, 5.74) is 1.07. The van der Waals surface area contributed by atoms with E-state index in [1.54, 1.807) is 4.90 Å². The molecule has 0 aliphatic carbocycles. The van der Waals surface area contributed by atoms with Crippen LogP contribution in [0, 0.1) is 5.82 Å². The van der Waals surface area contributed by atoms with E-state index in [1.807, 2.05) is 18.2 Å². The SMILES string of the molecule is O=C(c1ccc(F)c(S(=O)(=O)N2CCOCC2)c1)N1CCC[C@H]1c1ccc2c(c1)OCCO2. The molecule has 0 unspecified atom stereocenters. The molecule has 3 heterocycles. The van der Waals surface area contributed by atoms with E-state index < -0.39 is 20.7 Å². The number of halogens is 1. The van der Waals surface area contributed by atoms with Gasteiger partial charge in [-0.1, -0.05) is 6.07 Å². The van der Waals surface area contributed by atoms with Gasteiger partial charge in [-0.15, -0.1) is 0 Å². The maximum absolute atomic E-state index is 14.6. The molecule has 0 saturated carbocycles. The number of morpholine rings is 1. The van der Waals surface area contributed by atoms with Crippen LogP contribution in [0.1, 0.15) is 34.8 Å². The lowest BCUT2D eigenvalue weighted by atomic mass is 10.0. The van der Waals surface area contributed by atoms with E-state index in [4.69, 9.17) is 14.2 Å². The van der Waals surface area contributed by atoms with Gasteiger partial charge in [0.1, 0.15) is 23.9 Å². The summed E-state index contributed by atoms with van der Waals surface area (Å²) in [6, 6.07) is 9.02. The summed E-state index contributed by atoms with van der Waals surface area (Å²) in [6.45, 7) is 2.31. The number of carbonyl (C=O) groups excluding carboxylic acids is 1. The number of benzene rings is 2. The van der Waals surface area contributed by atoms with Gasteiger partial charge in [-0.3, -0.25) is 4.79 Å². The third-order valence-corrected chi connectivity index (χ3v) is 8.14. The second-order valence-electron chi connectivity index (χ2n) is 8.22. The highest BCUT2D eigenvalue weighted by Gasteiger charge is 2.34. The summed E-state index contributed by atoms with van der Waals surface area (Å²) in [5.74, 6) is 0.129. The Labute approximate surface area is 191 Å². The fraction of sp³-hybridized carbons (Fsp3) is 0.435. The molecule has 3 aliphatic rings. The first-order valence-electron chi connectivity index (χ1n) is 11.0. The summed E-state index contributed by atoms with van der Waals surface area (Å²) in [6.07, 6.45) is 1.58. The lowest BCUT2D eigenvalue weighted by Gasteiger charge is -2.28. The van der Waals surface area contributed by atoms with Crippen molar-refractivity contribution < 1.29 is 31.8 Å². The number of hydrogen-bond donors (Lipinski definition) is 0. The first-order valence-corrected chi connectivity index (χ1v) is 12.5. The number of amides is 1. The number of hydrogen-bond acceptors (Lipinski definition) is 6. The molecule has 0 radical (unpaired) electrons. The number of nitrogens with zero attached hydrogens (tertiary/aromatic N) is 2. The lowest BCUT2D eigenvalue weighted by Crippen LogP contribution is -2.41. The van der Waals surface area contributed by atoms with Gasteiger partial charge in [-0.25, -0.2) is 12.8 Å². The fourth-order valence-corrected chi connectivity index (χ4v) is 6.05. The van der Waals surface area contributed by atoms with Gasteiger partial charge in [0.05, 0.1) is 19.3 Å². The summed E-state index contributed by atoms with van der Waals surface area (Å²) >= 11 is 0. The van der Waals surface area contributed by atoms with E-state index in [2.05, 4.69) is 0 Å². The van der Waals surface area contributed by atoms with Crippen LogP contribution in [0.4, 0.5) is 4.39 Å². The summed E-state index contributed by atoms with van der Waals surface area (Å²) in [7, 11) is -4.07. The van der Waals surface area contributed by atoms with E-state index in [0.29, 0.717) is 31.3 Å². The van der Waals surface area contributed by atoms with Gasteiger partial charge in [-0.05, 0) is 48.7 Å². The van der Waals surface area contributed by atoms with Crippen molar-refractivity contribution in [2.75, 3.05) is 46.1 Å². The average molecular weight is 477 g/mol. The number of carbonyl (C=O) groups is 1. The second kappa shape index (κ2) is 8.92. The molecule has 1 amide bonds. The van der Waals surface area contributed by atoms with E-state index in [9.17, 15) is 17.6 Å². The quantitative estimate of drug-likeness (QED) is 0.675.